The van der Waals surface area contributed by atoms with Crippen LogP contribution >= 0.6 is 0 Å². The molecule has 0 unspecified atom stereocenters. The average molecular weight is 410 g/mol. The quantitative estimate of drug-likeness (QED) is 0.411. The van der Waals surface area contributed by atoms with Crippen molar-refractivity contribution < 1.29 is 4.92 Å². The molecule has 2 fully saturated rings. The summed E-state index contributed by atoms with van der Waals surface area (Å²) in [5.74, 6) is 1.45. The topological polar surface area (TPSA) is 84.2 Å². The van der Waals surface area contributed by atoms with Crippen molar-refractivity contribution in [3.05, 3.63) is 52.3 Å². The smallest absolute Gasteiger partial charge is 0.353 e. The molecule has 2 heterocycles. The summed E-state index contributed by atoms with van der Waals surface area (Å²) in [6, 6.07) is 10.8. The minimum absolute atomic E-state index is 0.0308. The van der Waals surface area contributed by atoms with Crippen molar-refractivity contribution in [1.82, 2.24) is 9.97 Å². The molecule has 1 saturated heterocycles. The van der Waals surface area contributed by atoms with Crippen molar-refractivity contribution in [2.45, 2.75) is 63.8 Å². The number of nitro groups is 1. The van der Waals surface area contributed by atoms with Crippen LogP contribution in [0, 0.1) is 16.0 Å². The standard InChI is InChI=1S/C23H31N5O2/c29-28(30)21-22(26-20-10-6-1-2-7-11-20)24-17-25-23(21)27-14-12-19(13-15-27)16-18-8-4-3-5-9-18/h3-5,8-9,17,19-20H,1-2,6-7,10-16H2,(H,24,25,26). The van der Waals surface area contributed by atoms with Gasteiger partial charge in [0.1, 0.15) is 6.33 Å². The van der Waals surface area contributed by atoms with Crippen molar-refractivity contribution in [3.63, 3.8) is 0 Å². The highest BCUT2D eigenvalue weighted by Crippen LogP contribution is 2.35. The molecule has 2 aromatic rings. The van der Waals surface area contributed by atoms with E-state index in [1.54, 1.807) is 0 Å². The third-order valence-corrected chi connectivity index (χ3v) is 6.46. The molecule has 1 saturated carbocycles. The first-order valence-electron chi connectivity index (χ1n) is 11.3. The van der Waals surface area contributed by atoms with Crippen LogP contribution in [0.25, 0.3) is 0 Å². The summed E-state index contributed by atoms with van der Waals surface area (Å²) in [5, 5.41) is 15.3. The Balaban J connectivity index is 1.45. The lowest BCUT2D eigenvalue weighted by Crippen LogP contribution is -2.35. The van der Waals surface area contributed by atoms with Crippen LogP contribution in [0.3, 0.4) is 0 Å². The highest BCUT2D eigenvalue weighted by Gasteiger charge is 2.30. The molecule has 1 aliphatic carbocycles. The minimum atomic E-state index is -0.315. The van der Waals surface area contributed by atoms with Gasteiger partial charge < -0.3 is 10.2 Å². The van der Waals surface area contributed by atoms with Crippen LogP contribution in [0.15, 0.2) is 36.7 Å². The second kappa shape index (κ2) is 9.87. The van der Waals surface area contributed by atoms with Crippen molar-refractivity contribution in [2.24, 2.45) is 5.92 Å². The maximum absolute atomic E-state index is 12.0. The van der Waals surface area contributed by atoms with Crippen molar-refractivity contribution >= 4 is 17.3 Å². The normalized spacial score (nSPS) is 18.7. The zero-order valence-corrected chi connectivity index (χ0v) is 17.5. The Morgan fingerprint density at radius 1 is 1.00 bits per heavy atom. The van der Waals surface area contributed by atoms with E-state index in [0.717, 1.165) is 45.2 Å². The van der Waals surface area contributed by atoms with E-state index in [1.165, 1.54) is 37.6 Å². The number of piperidine rings is 1. The maximum Gasteiger partial charge on any atom is 0.353 e. The second-order valence-electron chi connectivity index (χ2n) is 8.60. The van der Waals surface area contributed by atoms with Crippen LogP contribution < -0.4 is 10.2 Å². The maximum atomic E-state index is 12.0. The van der Waals surface area contributed by atoms with Gasteiger partial charge in [-0.2, -0.15) is 0 Å². The molecule has 2 aliphatic rings. The number of nitrogens with one attached hydrogen (secondary N) is 1. The Morgan fingerprint density at radius 2 is 1.70 bits per heavy atom. The molecule has 1 aromatic carbocycles. The highest BCUT2D eigenvalue weighted by atomic mass is 16.6. The van der Waals surface area contributed by atoms with Gasteiger partial charge >= 0.3 is 5.69 Å². The molecule has 0 amide bonds. The Kier molecular flexibility index (Phi) is 6.77. The van der Waals surface area contributed by atoms with Gasteiger partial charge in [-0.3, -0.25) is 10.1 Å². The molecule has 0 radical (unpaired) electrons. The van der Waals surface area contributed by atoms with E-state index in [9.17, 15) is 10.1 Å². The molecular weight excluding hydrogens is 378 g/mol. The van der Waals surface area contributed by atoms with Gasteiger partial charge in [0, 0.05) is 19.1 Å². The van der Waals surface area contributed by atoms with E-state index in [0.29, 0.717) is 17.6 Å². The molecule has 7 nitrogen and oxygen atoms in total. The van der Waals surface area contributed by atoms with E-state index in [2.05, 4.69) is 44.5 Å². The molecule has 0 atom stereocenters. The highest BCUT2D eigenvalue weighted by molar-refractivity contribution is 5.70. The molecule has 1 N–H and O–H groups in total. The second-order valence-corrected chi connectivity index (χ2v) is 8.60. The van der Waals surface area contributed by atoms with Crippen molar-refractivity contribution in [3.8, 4) is 0 Å². The van der Waals surface area contributed by atoms with Gasteiger partial charge in [-0.15, -0.1) is 0 Å². The van der Waals surface area contributed by atoms with E-state index in [4.69, 9.17) is 0 Å². The zero-order chi connectivity index (χ0) is 20.8. The van der Waals surface area contributed by atoms with Gasteiger partial charge in [0.15, 0.2) is 0 Å². The Labute approximate surface area is 178 Å². The Bertz CT molecular complexity index is 829. The summed E-state index contributed by atoms with van der Waals surface area (Å²) in [7, 11) is 0. The number of hydrogen-bond acceptors (Lipinski definition) is 6. The van der Waals surface area contributed by atoms with E-state index in [1.807, 2.05) is 6.07 Å². The fourth-order valence-electron chi connectivity index (χ4n) is 4.79. The molecule has 0 bridgehead atoms. The van der Waals surface area contributed by atoms with Gasteiger partial charge in [0.25, 0.3) is 0 Å². The van der Waals surface area contributed by atoms with Crippen LogP contribution in [0.4, 0.5) is 17.3 Å². The first-order chi connectivity index (χ1) is 14.7. The van der Waals surface area contributed by atoms with Gasteiger partial charge in [-0.1, -0.05) is 56.0 Å². The van der Waals surface area contributed by atoms with Gasteiger partial charge in [0.05, 0.1) is 4.92 Å². The molecule has 1 aliphatic heterocycles. The Hall–Kier alpha value is -2.70. The third-order valence-electron chi connectivity index (χ3n) is 6.46. The summed E-state index contributed by atoms with van der Waals surface area (Å²) in [5.41, 5.74) is 1.39. The lowest BCUT2D eigenvalue weighted by Gasteiger charge is -2.32. The van der Waals surface area contributed by atoms with Crippen LogP contribution in [-0.2, 0) is 6.42 Å². The molecule has 1 aromatic heterocycles. The summed E-state index contributed by atoms with van der Waals surface area (Å²) in [6.45, 7) is 1.58. The summed E-state index contributed by atoms with van der Waals surface area (Å²) < 4.78 is 0. The molecule has 4 rings (SSSR count). The Morgan fingerprint density at radius 3 is 2.37 bits per heavy atom. The van der Waals surface area contributed by atoms with Gasteiger partial charge in [-0.05, 0) is 43.6 Å². The zero-order valence-electron chi connectivity index (χ0n) is 17.5. The van der Waals surface area contributed by atoms with Crippen LogP contribution in [0.2, 0.25) is 0 Å². The van der Waals surface area contributed by atoms with Crippen LogP contribution in [0.5, 0.6) is 0 Å². The average Bonchev–Trinajstić information content (AvgIpc) is 3.03. The van der Waals surface area contributed by atoms with Crippen LogP contribution in [0.1, 0.15) is 56.9 Å². The lowest BCUT2D eigenvalue weighted by atomic mass is 9.90. The SMILES string of the molecule is O=[N+]([O-])c1c(NC2CCCCCC2)ncnc1N1CCC(Cc2ccccc2)CC1. The number of benzene rings is 1. The number of anilines is 2. The largest absolute Gasteiger partial charge is 0.361 e. The summed E-state index contributed by atoms with van der Waals surface area (Å²) in [6.07, 6.45) is 11.5. The number of hydrogen-bond donors (Lipinski definition) is 1. The number of rotatable bonds is 6. The predicted octanol–water partition coefficient (Wildman–Crippen LogP) is 4.98. The fourth-order valence-corrected chi connectivity index (χ4v) is 4.79. The van der Waals surface area contributed by atoms with Crippen molar-refractivity contribution in [2.75, 3.05) is 23.3 Å². The fraction of sp³-hybridized carbons (Fsp3) is 0.565. The molecule has 7 heteroatoms. The first kappa shape index (κ1) is 20.6. The van der Waals surface area contributed by atoms with E-state index >= 15 is 0 Å². The summed E-state index contributed by atoms with van der Waals surface area (Å²) >= 11 is 0. The minimum Gasteiger partial charge on any atom is -0.361 e. The van der Waals surface area contributed by atoms with E-state index in [-0.39, 0.29) is 16.7 Å². The van der Waals surface area contributed by atoms with Gasteiger partial charge in [-0.25, -0.2) is 9.97 Å². The number of nitrogens with zero attached hydrogens (tertiary/aromatic N) is 4. The molecular formula is C23H31N5O2. The molecule has 0 spiro atoms. The summed E-state index contributed by atoms with van der Waals surface area (Å²) in [4.78, 5) is 22.3. The lowest BCUT2D eigenvalue weighted by molar-refractivity contribution is -0.383. The monoisotopic (exact) mass is 409 g/mol. The van der Waals surface area contributed by atoms with Crippen LogP contribution in [-0.4, -0.2) is 34.0 Å². The number of aromatic nitrogens is 2. The van der Waals surface area contributed by atoms with E-state index < -0.39 is 0 Å². The third kappa shape index (κ3) is 5.07. The van der Waals surface area contributed by atoms with Crippen molar-refractivity contribution in [1.29, 1.82) is 0 Å². The van der Waals surface area contributed by atoms with Gasteiger partial charge in [0.2, 0.25) is 11.6 Å². The molecule has 160 valence electrons. The predicted molar refractivity (Wildman–Crippen MR) is 119 cm³/mol. The molecule has 30 heavy (non-hydrogen) atoms. The first-order valence-corrected chi connectivity index (χ1v) is 11.3.